The van der Waals surface area contributed by atoms with Gasteiger partial charge in [-0.1, -0.05) is 32.0 Å². The first-order valence-electron chi connectivity index (χ1n) is 7.10. The predicted octanol–water partition coefficient (Wildman–Crippen LogP) is 2.41. The fourth-order valence-electron chi connectivity index (χ4n) is 2.35. The Balaban J connectivity index is 2.30. The number of nitrogens with zero attached hydrogens (tertiary/aromatic N) is 1. The average molecular weight is 274 g/mol. The molecule has 0 atom stereocenters. The van der Waals surface area contributed by atoms with Crippen molar-refractivity contribution >= 4 is 16.8 Å². The molecule has 20 heavy (non-hydrogen) atoms. The predicted molar refractivity (Wildman–Crippen MR) is 80.8 cm³/mol. The van der Waals surface area contributed by atoms with Crippen LogP contribution in [0.1, 0.15) is 30.6 Å². The van der Waals surface area contributed by atoms with Crippen LogP contribution in [-0.4, -0.2) is 28.7 Å². The van der Waals surface area contributed by atoms with Crippen LogP contribution < -0.4 is 5.32 Å². The van der Waals surface area contributed by atoms with Gasteiger partial charge in [0.25, 0.3) is 5.91 Å². The summed E-state index contributed by atoms with van der Waals surface area (Å²) in [6.07, 6.45) is 2.51. The SMILES string of the molecule is CC(C)Cn1cc(C(=O)NCCCO)c2ccccc21. The zero-order valence-electron chi connectivity index (χ0n) is 12.1. The Labute approximate surface area is 119 Å². The Morgan fingerprint density at radius 1 is 1.35 bits per heavy atom. The maximum atomic E-state index is 12.2. The maximum Gasteiger partial charge on any atom is 0.253 e. The molecule has 0 spiro atoms. The third-order valence-corrected chi connectivity index (χ3v) is 3.22. The lowest BCUT2D eigenvalue weighted by molar-refractivity contribution is 0.0952. The first kappa shape index (κ1) is 14.6. The van der Waals surface area contributed by atoms with Gasteiger partial charge in [-0.3, -0.25) is 4.79 Å². The van der Waals surface area contributed by atoms with Crippen LogP contribution in [0, 0.1) is 5.92 Å². The van der Waals surface area contributed by atoms with Crippen molar-refractivity contribution in [1.82, 2.24) is 9.88 Å². The fraction of sp³-hybridized carbons (Fsp3) is 0.438. The van der Waals surface area contributed by atoms with Crippen LogP contribution in [0.15, 0.2) is 30.5 Å². The van der Waals surface area contributed by atoms with Crippen molar-refractivity contribution in [2.75, 3.05) is 13.2 Å². The largest absolute Gasteiger partial charge is 0.396 e. The van der Waals surface area contributed by atoms with Crippen LogP contribution in [0.5, 0.6) is 0 Å². The molecule has 0 aliphatic heterocycles. The van der Waals surface area contributed by atoms with Crippen molar-refractivity contribution in [1.29, 1.82) is 0 Å². The highest BCUT2D eigenvalue weighted by Gasteiger charge is 2.14. The maximum absolute atomic E-state index is 12.2. The molecule has 1 aromatic heterocycles. The second-order valence-electron chi connectivity index (χ2n) is 5.44. The van der Waals surface area contributed by atoms with E-state index in [0.717, 1.165) is 17.4 Å². The third kappa shape index (κ3) is 3.20. The number of amides is 1. The number of fused-ring (bicyclic) bond motifs is 1. The van der Waals surface area contributed by atoms with Gasteiger partial charge in [0.05, 0.1) is 5.56 Å². The Kier molecular flexibility index (Phi) is 4.79. The van der Waals surface area contributed by atoms with Gasteiger partial charge >= 0.3 is 0 Å². The Morgan fingerprint density at radius 2 is 2.10 bits per heavy atom. The van der Waals surface area contributed by atoms with E-state index in [9.17, 15) is 4.79 Å². The van der Waals surface area contributed by atoms with E-state index in [1.807, 2.05) is 30.5 Å². The lowest BCUT2D eigenvalue weighted by Gasteiger charge is -2.07. The molecule has 4 heteroatoms. The average Bonchev–Trinajstić information content (AvgIpc) is 2.78. The highest BCUT2D eigenvalue weighted by Crippen LogP contribution is 2.22. The molecule has 1 heterocycles. The van der Waals surface area contributed by atoms with Gasteiger partial charge in [0.15, 0.2) is 0 Å². The van der Waals surface area contributed by atoms with Gasteiger partial charge in [0.1, 0.15) is 0 Å². The number of aromatic nitrogens is 1. The lowest BCUT2D eigenvalue weighted by atomic mass is 10.1. The van der Waals surface area contributed by atoms with Crippen LogP contribution >= 0.6 is 0 Å². The molecule has 4 nitrogen and oxygen atoms in total. The normalized spacial score (nSPS) is 11.2. The standard InChI is InChI=1S/C16H22N2O2/c1-12(2)10-18-11-14(16(20)17-8-5-9-19)13-6-3-4-7-15(13)18/h3-4,6-7,11-12,19H,5,8-10H2,1-2H3,(H,17,20). The number of hydrogen-bond acceptors (Lipinski definition) is 2. The number of benzene rings is 1. The summed E-state index contributed by atoms with van der Waals surface area (Å²) in [5.74, 6) is 0.452. The molecule has 1 amide bonds. The molecule has 0 fully saturated rings. The molecule has 0 unspecified atom stereocenters. The summed E-state index contributed by atoms with van der Waals surface area (Å²) in [5.41, 5.74) is 1.80. The number of aliphatic hydroxyl groups excluding tert-OH is 1. The number of rotatable bonds is 6. The first-order chi connectivity index (χ1) is 9.63. The molecule has 0 radical (unpaired) electrons. The molecule has 108 valence electrons. The smallest absolute Gasteiger partial charge is 0.253 e. The molecule has 2 N–H and O–H groups in total. The van der Waals surface area contributed by atoms with Crippen LogP contribution in [-0.2, 0) is 6.54 Å². The number of carbonyl (C=O) groups excluding carboxylic acids is 1. The molecule has 0 aliphatic carbocycles. The Bertz CT molecular complexity index is 587. The van der Waals surface area contributed by atoms with Gasteiger partial charge in [-0.05, 0) is 18.4 Å². The first-order valence-corrected chi connectivity index (χ1v) is 7.10. The van der Waals surface area contributed by atoms with Gasteiger partial charge in [-0.2, -0.15) is 0 Å². The molecule has 2 rings (SSSR count). The van der Waals surface area contributed by atoms with Gasteiger partial charge < -0.3 is 15.0 Å². The van der Waals surface area contributed by atoms with E-state index in [1.54, 1.807) is 0 Å². The van der Waals surface area contributed by atoms with E-state index < -0.39 is 0 Å². The molecule has 1 aromatic carbocycles. The van der Waals surface area contributed by atoms with E-state index in [1.165, 1.54) is 0 Å². The topological polar surface area (TPSA) is 54.3 Å². The Hall–Kier alpha value is -1.81. The number of aliphatic hydroxyl groups is 1. The fourth-order valence-corrected chi connectivity index (χ4v) is 2.35. The summed E-state index contributed by atoms with van der Waals surface area (Å²) in [7, 11) is 0. The number of para-hydroxylation sites is 1. The Morgan fingerprint density at radius 3 is 2.80 bits per heavy atom. The number of hydrogen-bond donors (Lipinski definition) is 2. The van der Waals surface area contributed by atoms with Crippen LogP contribution in [0.4, 0.5) is 0 Å². The second kappa shape index (κ2) is 6.57. The molecule has 0 saturated heterocycles. The van der Waals surface area contributed by atoms with Crippen LogP contribution in [0.3, 0.4) is 0 Å². The molecule has 0 aliphatic rings. The minimum atomic E-state index is -0.0721. The number of nitrogens with one attached hydrogen (secondary N) is 1. The van der Waals surface area contributed by atoms with Gasteiger partial charge in [-0.25, -0.2) is 0 Å². The zero-order valence-corrected chi connectivity index (χ0v) is 12.1. The lowest BCUT2D eigenvalue weighted by Crippen LogP contribution is -2.24. The molecule has 0 saturated carbocycles. The highest BCUT2D eigenvalue weighted by molar-refractivity contribution is 6.06. The second-order valence-corrected chi connectivity index (χ2v) is 5.44. The summed E-state index contributed by atoms with van der Waals surface area (Å²) < 4.78 is 2.14. The summed E-state index contributed by atoms with van der Waals surface area (Å²) in [5, 5.41) is 12.6. The van der Waals surface area contributed by atoms with E-state index in [-0.39, 0.29) is 12.5 Å². The van der Waals surface area contributed by atoms with Crippen molar-refractivity contribution in [3.05, 3.63) is 36.0 Å². The van der Waals surface area contributed by atoms with Crippen molar-refractivity contribution in [2.24, 2.45) is 5.92 Å². The van der Waals surface area contributed by atoms with Crippen molar-refractivity contribution in [3.8, 4) is 0 Å². The summed E-state index contributed by atoms with van der Waals surface area (Å²) >= 11 is 0. The molecule has 0 bridgehead atoms. The quantitative estimate of drug-likeness (QED) is 0.795. The zero-order chi connectivity index (χ0) is 14.5. The molecule has 2 aromatic rings. The summed E-state index contributed by atoms with van der Waals surface area (Å²) in [4.78, 5) is 12.2. The van der Waals surface area contributed by atoms with E-state index in [4.69, 9.17) is 5.11 Å². The highest BCUT2D eigenvalue weighted by atomic mass is 16.3. The van der Waals surface area contributed by atoms with Crippen molar-refractivity contribution < 1.29 is 9.90 Å². The third-order valence-electron chi connectivity index (χ3n) is 3.22. The van der Waals surface area contributed by atoms with Gasteiger partial charge in [0.2, 0.25) is 0 Å². The van der Waals surface area contributed by atoms with E-state index >= 15 is 0 Å². The van der Waals surface area contributed by atoms with E-state index in [0.29, 0.717) is 24.4 Å². The van der Waals surface area contributed by atoms with Gasteiger partial charge in [-0.15, -0.1) is 0 Å². The monoisotopic (exact) mass is 274 g/mol. The minimum Gasteiger partial charge on any atom is -0.396 e. The molecular weight excluding hydrogens is 252 g/mol. The number of carbonyl (C=O) groups is 1. The minimum absolute atomic E-state index is 0.0721. The summed E-state index contributed by atoms with van der Waals surface area (Å²) in [6.45, 7) is 5.81. The van der Waals surface area contributed by atoms with Crippen molar-refractivity contribution in [2.45, 2.75) is 26.8 Å². The summed E-state index contributed by atoms with van der Waals surface area (Å²) in [6, 6.07) is 7.97. The van der Waals surface area contributed by atoms with Gasteiger partial charge in [0, 0.05) is 36.8 Å². The van der Waals surface area contributed by atoms with E-state index in [2.05, 4.69) is 23.7 Å². The van der Waals surface area contributed by atoms with Crippen LogP contribution in [0.25, 0.3) is 10.9 Å². The molecular formula is C16H22N2O2. The van der Waals surface area contributed by atoms with Crippen molar-refractivity contribution in [3.63, 3.8) is 0 Å². The van der Waals surface area contributed by atoms with Crippen LogP contribution in [0.2, 0.25) is 0 Å².